The number of carbonyl (C=O) groups excluding carboxylic acids is 2. The smallest absolute Gasteiger partial charge is 0.311 e. The average molecular weight is 321 g/mol. The maximum atomic E-state index is 12.8. The molecule has 1 heterocycles. The van der Waals surface area contributed by atoms with Gasteiger partial charge in [0, 0.05) is 4.88 Å². The van der Waals surface area contributed by atoms with Crippen molar-refractivity contribution >= 4 is 23.2 Å². The van der Waals surface area contributed by atoms with Gasteiger partial charge in [-0.25, -0.2) is 4.39 Å². The van der Waals surface area contributed by atoms with Gasteiger partial charge in [-0.1, -0.05) is 18.2 Å². The number of nitrogens with one attached hydrogen (secondary N) is 1. The van der Waals surface area contributed by atoms with E-state index in [0.717, 1.165) is 10.4 Å². The summed E-state index contributed by atoms with van der Waals surface area (Å²) in [6, 6.07) is 9.26. The zero-order chi connectivity index (χ0) is 15.9. The molecular weight excluding hydrogens is 305 g/mol. The molecule has 6 heteroatoms. The van der Waals surface area contributed by atoms with Crippen molar-refractivity contribution in [1.82, 2.24) is 5.32 Å². The number of carbonyl (C=O) groups is 2. The van der Waals surface area contributed by atoms with E-state index < -0.39 is 11.9 Å². The van der Waals surface area contributed by atoms with Crippen LogP contribution in [0.4, 0.5) is 4.39 Å². The highest BCUT2D eigenvalue weighted by Gasteiger charge is 2.12. The molecule has 0 aliphatic rings. The maximum Gasteiger partial charge on any atom is 0.311 e. The fourth-order valence-corrected chi connectivity index (χ4v) is 2.56. The molecule has 0 fully saturated rings. The van der Waals surface area contributed by atoms with Crippen LogP contribution < -0.4 is 5.32 Å². The molecule has 2 aromatic rings. The van der Waals surface area contributed by atoms with E-state index in [1.165, 1.54) is 23.5 Å². The Kier molecular flexibility index (Phi) is 5.66. The topological polar surface area (TPSA) is 55.4 Å². The predicted octanol–water partition coefficient (Wildman–Crippen LogP) is 2.85. The van der Waals surface area contributed by atoms with Gasteiger partial charge in [-0.05, 0) is 36.1 Å². The molecule has 0 aliphatic heterocycles. The van der Waals surface area contributed by atoms with Gasteiger partial charge in [-0.2, -0.15) is 0 Å². The first-order valence-corrected chi connectivity index (χ1v) is 7.65. The Labute approximate surface area is 131 Å². The molecule has 1 aromatic carbocycles. The summed E-state index contributed by atoms with van der Waals surface area (Å²) >= 11 is 1.46. The van der Waals surface area contributed by atoms with Crippen LogP contribution in [0.3, 0.4) is 0 Å². The molecule has 0 aliphatic carbocycles. The van der Waals surface area contributed by atoms with Crippen molar-refractivity contribution in [2.24, 2.45) is 0 Å². The van der Waals surface area contributed by atoms with Gasteiger partial charge < -0.3 is 10.1 Å². The van der Waals surface area contributed by atoms with Crippen LogP contribution in [-0.4, -0.2) is 18.5 Å². The van der Waals surface area contributed by atoms with Crippen LogP contribution in [0.15, 0.2) is 41.8 Å². The summed E-state index contributed by atoms with van der Waals surface area (Å²) in [5, 5.41) is 4.57. The Bertz CT molecular complexity index is 625. The summed E-state index contributed by atoms with van der Waals surface area (Å²) in [6.07, 6.45) is 0.165. The van der Waals surface area contributed by atoms with Gasteiger partial charge in [0.25, 0.3) is 5.91 Å². The van der Waals surface area contributed by atoms with Crippen LogP contribution in [0.2, 0.25) is 0 Å². The molecule has 0 spiro atoms. The molecule has 1 N–H and O–H groups in total. The molecule has 1 aromatic heterocycles. The predicted molar refractivity (Wildman–Crippen MR) is 81.9 cm³/mol. The van der Waals surface area contributed by atoms with Crippen molar-refractivity contribution in [2.45, 2.75) is 19.4 Å². The zero-order valence-electron chi connectivity index (χ0n) is 12.0. The summed E-state index contributed by atoms with van der Waals surface area (Å²) in [5.41, 5.74) is 0.777. The number of rotatable bonds is 6. The highest BCUT2D eigenvalue weighted by atomic mass is 32.1. The molecule has 1 amide bonds. The van der Waals surface area contributed by atoms with Gasteiger partial charge in [0.1, 0.15) is 5.82 Å². The van der Waals surface area contributed by atoms with Crippen LogP contribution in [0.1, 0.15) is 23.4 Å². The first-order chi connectivity index (χ1) is 10.5. The Morgan fingerprint density at radius 2 is 2.00 bits per heavy atom. The molecule has 22 heavy (non-hydrogen) atoms. The van der Waals surface area contributed by atoms with E-state index in [9.17, 15) is 14.0 Å². The van der Waals surface area contributed by atoms with Crippen molar-refractivity contribution in [1.29, 1.82) is 0 Å². The lowest BCUT2D eigenvalue weighted by atomic mass is 10.1. The van der Waals surface area contributed by atoms with E-state index in [1.54, 1.807) is 19.1 Å². The summed E-state index contributed by atoms with van der Waals surface area (Å²) < 4.78 is 17.8. The van der Waals surface area contributed by atoms with E-state index in [2.05, 4.69) is 5.32 Å². The van der Waals surface area contributed by atoms with Crippen LogP contribution >= 0.6 is 11.3 Å². The molecule has 0 saturated heterocycles. The first-order valence-electron chi connectivity index (χ1n) is 6.77. The second kappa shape index (κ2) is 7.70. The Balaban J connectivity index is 1.75. The van der Waals surface area contributed by atoms with Crippen LogP contribution in [0.5, 0.6) is 0 Å². The molecule has 0 radical (unpaired) electrons. The molecular formula is C16H16FNO3S. The molecule has 0 saturated carbocycles. The van der Waals surface area contributed by atoms with Gasteiger partial charge in [-0.15, -0.1) is 11.3 Å². The number of ether oxygens (including phenoxy) is 1. The van der Waals surface area contributed by atoms with Crippen molar-refractivity contribution in [3.63, 3.8) is 0 Å². The monoisotopic (exact) mass is 321 g/mol. The number of esters is 1. The summed E-state index contributed by atoms with van der Waals surface area (Å²) in [5.74, 6) is -1.16. The summed E-state index contributed by atoms with van der Waals surface area (Å²) in [4.78, 5) is 24.2. The minimum Gasteiger partial charge on any atom is -0.455 e. The lowest BCUT2D eigenvalue weighted by Gasteiger charge is -2.14. The average Bonchev–Trinajstić information content (AvgIpc) is 2.98. The van der Waals surface area contributed by atoms with Gasteiger partial charge in [0.2, 0.25) is 0 Å². The fourth-order valence-electron chi connectivity index (χ4n) is 1.87. The third-order valence-corrected chi connectivity index (χ3v) is 3.89. The number of thiophene rings is 1. The number of halogens is 1. The van der Waals surface area contributed by atoms with E-state index >= 15 is 0 Å². The Hall–Kier alpha value is -2.21. The van der Waals surface area contributed by atoms with Gasteiger partial charge >= 0.3 is 5.97 Å². The minimum atomic E-state index is -0.438. The third-order valence-electron chi connectivity index (χ3n) is 3.01. The zero-order valence-corrected chi connectivity index (χ0v) is 12.9. The van der Waals surface area contributed by atoms with Crippen molar-refractivity contribution in [3.05, 3.63) is 58.0 Å². The van der Waals surface area contributed by atoms with E-state index in [-0.39, 0.29) is 24.9 Å². The standard InChI is InChI=1S/C16H16FNO3S/c1-11(12-4-6-13(17)7-5-12)18-15(19)10-21-16(20)9-14-3-2-8-22-14/h2-8,11H,9-10H2,1H3,(H,18,19)/t11-/m1/s1. The molecule has 0 unspecified atom stereocenters. The molecule has 4 nitrogen and oxygen atoms in total. The number of amides is 1. The normalized spacial score (nSPS) is 11.7. The summed E-state index contributed by atoms with van der Waals surface area (Å²) in [7, 11) is 0. The lowest BCUT2D eigenvalue weighted by molar-refractivity contribution is -0.148. The van der Waals surface area contributed by atoms with E-state index in [0.29, 0.717) is 0 Å². The van der Waals surface area contributed by atoms with Crippen LogP contribution in [0, 0.1) is 5.82 Å². The van der Waals surface area contributed by atoms with Crippen LogP contribution in [-0.2, 0) is 20.7 Å². The Morgan fingerprint density at radius 1 is 1.27 bits per heavy atom. The Morgan fingerprint density at radius 3 is 2.64 bits per heavy atom. The van der Waals surface area contributed by atoms with Gasteiger partial charge in [0.05, 0.1) is 12.5 Å². The first kappa shape index (κ1) is 16.2. The van der Waals surface area contributed by atoms with Crippen molar-refractivity contribution < 1.29 is 18.7 Å². The fraction of sp³-hybridized carbons (Fsp3) is 0.250. The second-order valence-corrected chi connectivity index (χ2v) is 5.79. The van der Waals surface area contributed by atoms with Gasteiger partial charge in [-0.3, -0.25) is 9.59 Å². The molecule has 0 bridgehead atoms. The highest BCUT2D eigenvalue weighted by Crippen LogP contribution is 2.13. The van der Waals surface area contributed by atoms with E-state index in [1.807, 2.05) is 17.5 Å². The van der Waals surface area contributed by atoms with Crippen LogP contribution in [0.25, 0.3) is 0 Å². The van der Waals surface area contributed by atoms with Gasteiger partial charge in [0.15, 0.2) is 6.61 Å². The second-order valence-electron chi connectivity index (χ2n) is 4.76. The van der Waals surface area contributed by atoms with Crippen molar-refractivity contribution in [3.8, 4) is 0 Å². The van der Waals surface area contributed by atoms with Crippen molar-refractivity contribution in [2.75, 3.05) is 6.61 Å². The number of hydrogen-bond acceptors (Lipinski definition) is 4. The number of benzene rings is 1. The summed E-state index contributed by atoms with van der Waals surface area (Å²) in [6.45, 7) is 1.45. The SMILES string of the molecule is C[C@@H](NC(=O)COC(=O)Cc1cccs1)c1ccc(F)cc1. The third kappa shape index (κ3) is 4.96. The molecule has 1 atom stereocenters. The highest BCUT2D eigenvalue weighted by molar-refractivity contribution is 7.10. The quantitative estimate of drug-likeness (QED) is 0.832. The molecule has 2 rings (SSSR count). The number of hydrogen-bond donors (Lipinski definition) is 1. The van der Waals surface area contributed by atoms with E-state index in [4.69, 9.17) is 4.74 Å². The maximum absolute atomic E-state index is 12.8. The largest absolute Gasteiger partial charge is 0.455 e. The molecule has 116 valence electrons. The minimum absolute atomic E-state index is 0.165. The lowest BCUT2D eigenvalue weighted by Crippen LogP contribution is -2.31.